The molecule has 3 aromatic rings. The summed E-state index contributed by atoms with van der Waals surface area (Å²) in [5.74, 6) is 2.78. The molecule has 5 nitrogen and oxygen atoms in total. The van der Waals surface area contributed by atoms with Crippen LogP contribution in [0.4, 0.5) is 0 Å². The van der Waals surface area contributed by atoms with E-state index >= 15 is 0 Å². The number of thioether (sulfide) groups is 1. The lowest BCUT2D eigenvalue weighted by Gasteiger charge is -2.21. The van der Waals surface area contributed by atoms with Gasteiger partial charge < -0.3 is 9.47 Å². The summed E-state index contributed by atoms with van der Waals surface area (Å²) in [5.41, 5.74) is 2.95. The molecule has 2 aliphatic rings. The van der Waals surface area contributed by atoms with Gasteiger partial charge in [0.15, 0.2) is 11.0 Å². The Hall–Kier alpha value is -1.70. The van der Waals surface area contributed by atoms with Crippen molar-refractivity contribution in [1.29, 1.82) is 0 Å². The van der Waals surface area contributed by atoms with Crippen molar-refractivity contribution in [1.82, 2.24) is 24.6 Å². The Morgan fingerprint density at radius 2 is 2.07 bits per heavy atom. The molecule has 2 aromatic heterocycles. The Kier molecular flexibility index (Phi) is 5.22. The van der Waals surface area contributed by atoms with Gasteiger partial charge in [-0.3, -0.25) is 4.98 Å². The quantitative estimate of drug-likeness (QED) is 0.379. The van der Waals surface area contributed by atoms with Crippen LogP contribution >= 0.6 is 27.7 Å². The lowest BCUT2D eigenvalue weighted by atomic mass is 9.95. The molecule has 0 N–H and O–H groups in total. The molecule has 0 radical (unpaired) electrons. The molecular weight excluding hydrogens is 446 g/mol. The van der Waals surface area contributed by atoms with Gasteiger partial charge in [-0.15, -0.1) is 10.2 Å². The van der Waals surface area contributed by atoms with E-state index in [1.165, 1.54) is 31.5 Å². The average Bonchev–Trinajstić information content (AvgIpc) is 3.11. The van der Waals surface area contributed by atoms with Crippen LogP contribution in [-0.2, 0) is 12.5 Å². The lowest BCUT2D eigenvalue weighted by Crippen LogP contribution is -2.27. The largest absolute Gasteiger partial charge is 0.305 e. The molecule has 150 valence electrons. The number of rotatable bonds is 7. The molecule has 0 unspecified atom stereocenters. The minimum atomic E-state index is 0.427. The summed E-state index contributed by atoms with van der Waals surface area (Å²) in [4.78, 5) is 6.82. The van der Waals surface area contributed by atoms with Crippen molar-refractivity contribution >= 4 is 27.7 Å². The number of halogens is 1. The zero-order valence-electron chi connectivity index (χ0n) is 16.5. The van der Waals surface area contributed by atoms with E-state index in [4.69, 9.17) is 0 Å². The third-order valence-electron chi connectivity index (χ3n) is 6.24. The lowest BCUT2D eigenvalue weighted by molar-refractivity contribution is 0.299. The highest BCUT2D eigenvalue weighted by Gasteiger charge is 2.60. The summed E-state index contributed by atoms with van der Waals surface area (Å²) < 4.78 is 3.23. The summed E-state index contributed by atoms with van der Waals surface area (Å²) in [6, 6.07) is 12.9. The van der Waals surface area contributed by atoms with E-state index in [2.05, 4.69) is 64.8 Å². The zero-order valence-corrected chi connectivity index (χ0v) is 18.9. The predicted molar refractivity (Wildman–Crippen MR) is 120 cm³/mol. The highest BCUT2D eigenvalue weighted by molar-refractivity contribution is 9.10. The molecule has 0 bridgehead atoms. The van der Waals surface area contributed by atoms with Crippen LogP contribution in [0.5, 0.6) is 0 Å². The summed E-state index contributed by atoms with van der Waals surface area (Å²) in [5, 5.41) is 9.69. The number of hydrogen-bond acceptors (Lipinski definition) is 5. The molecule has 5 rings (SSSR count). The first-order valence-electron chi connectivity index (χ1n) is 10.1. The number of aromatic nitrogens is 4. The van der Waals surface area contributed by atoms with Gasteiger partial charge in [-0.25, -0.2) is 0 Å². The number of piperidine rings is 1. The van der Waals surface area contributed by atoms with Crippen molar-refractivity contribution in [3.63, 3.8) is 0 Å². The average molecular weight is 470 g/mol. The predicted octanol–water partition coefficient (Wildman–Crippen LogP) is 4.40. The first-order valence-corrected chi connectivity index (χ1v) is 11.8. The van der Waals surface area contributed by atoms with E-state index in [0.717, 1.165) is 39.2 Å². The zero-order chi connectivity index (χ0) is 19.8. The summed E-state index contributed by atoms with van der Waals surface area (Å²) in [6.45, 7) is 3.62. The molecule has 0 amide bonds. The second kappa shape index (κ2) is 7.85. The number of pyridine rings is 1. The van der Waals surface area contributed by atoms with Crippen LogP contribution in [0.2, 0.25) is 0 Å². The maximum atomic E-state index is 4.37. The van der Waals surface area contributed by atoms with Gasteiger partial charge in [-0.05, 0) is 55.1 Å². The van der Waals surface area contributed by atoms with Crippen molar-refractivity contribution in [3.8, 4) is 11.4 Å². The van der Waals surface area contributed by atoms with Gasteiger partial charge in [-0.2, -0.15) is 0 Å². The third kappa shape index (κ3) is 3.76. The van der Waals surface area contributed by atoms with E-state index in [1.807, 2.05) is 25.4 Å². The van der Waals surface area contributed by atoms with Crippen molar-refractivity contribution in [2.45, 2.75) is 23.4 Å². The summed E-state index contributed by atoms with van der Waals surface area (Å²) in [7, 11) is 2.03. The summed E-state index contributed by atoms with van der Waals surface area (Å²) >= 11 is 5.34. The topological polar surface area (TPSA) is 46.8 Å². The van der Waals surface area contributed by atoms with E-state index < -0.39 is 0 Å². The molecule has 2 atom stereocenters. The highest BCUT2D eigenvalue weighted by atomic mass is 79.9. The minimum absolute atomic E-state index is 0.427. The van der Waals surface area contributed by atoms with Gasteiger partial charge in [-0.1, -0.05) is 39.8 Å². The Labute approximate surface area is 184 Å². The first kappa shape index (κ1) is 19.3. The monoisotopic (exact) mass is 469 g/mol. The molecule has 1 aliphatic heterocycles. The molecule has 2 fully saturated rings. The SMILES string of the molecule is Cn1c(SCCCN2C[C@@H]3C[C@]3(c3ccc(Br)cc3)C2)nnc1-c1cccnc1. The Morgan fingerprint density at radius 1 is 1.21 bits per heavy atom. The van der Waals surface area contributed by atoms with Crippen LogP contribution in [0.15, 0.2) is 58.4 Å². The molecule has 0 spiro atoms. The molecule has 1 saturated heterocycles. The Bertz CT molecular complexity index is 990. The number of nitrogens with zero attached hydrogens (tertiary/aromatic N) is 5. The third-order valence-corrected chi connectivity index (χ3v) is 7.88. The molecule has 3 heterocycles. The fourth-order valence-electron chi connectivity index (χ4n) is 4.62. The van der Waals surface area contributed by atoms with E-state index in [0.29, 0.717) is 5.41 Å². The van der Waals surface area contributed by atoms with Crippen molar-refractivity contribution in [2.75, 3.05) is 25.4 Å². The van der Waals surface area contributed by atoms with Gasteiger partial charge in [0, 0.05) is 53.7 Å². The highest BCUT2D eigenvalue weighted by Crippen LogP contribution is 2.59. The van der Waals surface area contributed by atoms with Gasteiger partial charge in [0.25, 0.3) is 0 Å². The Morgan fingerprint density at radius 3 is 2.86 bits per heavy atom. The molecule has 29 heavy (non-hydrogen) atoms. The molecule has 1 saturated carbocycles. The fourth-order valence-corrected chi connectivity index (χ4v) is 5.72. The minimum Gasteiger partial charge on any atom is -0.305 e. The maximum absolute atomic E-state index is 4.37. The molecule has 7 heteroatoms. The number of likely N-dealkylation sites (tertiary alicyclic amines) is 1. The standard InChI is InChI=1S/C22H24BrN5S/c1-27-20(16-4-2-9-24-13-16)25-26-21(27)29-11-3-10-28-14-18-12-22(18,15-28)17-5-7-19(23)8-6-17/h2,4-9,13,18H,3,10-12,14-15H2,1H3/t18-,22+/m0/s1. The van der Waals surface area contributed by atoms with Crippen LogP contribution in [0, 0.1) is 5.92 Å². The normalized spacial score (nSPS) is 23.3. The molecule has 1 aromatic carbocycles. The smallest absolute Gasteiger partial charge is 0.191 e. The van der Waals surface area contributed by atoms with Crippen LogP contribution in [0.1, 0.15) is 18.4 Å². The van der Waals surface area contributed by atoms with Gasteiger partial charge in [0.1, 0.15) is 0 Å². The van der Waals surface area contributed by atoms with E-state index in [9.17, 15) is 0 Å². The summed E-state index contributed by atoms with van der Waals surface area (Å²) in [6.07, 6.45) is 6.13. The second-order valence-electron chi connectivity index (χ2n) is 8.11. The second-order valence-corrected chi connectivity index (χ2v) is 10.1. The molecule has 1 aliphatic carbocycles. The van der Waals surface area contributed by atoms with E-state index in [-0.39, 0.29) is 0 Å². The van der Waals surface area contributed by atoms with Gasteiger partial charge in [0.05, 0.1) is 0 Å². The first-order chi connectivity index (χ1) is 14.2. The number of fused-ring (bicyclic) bond motifs is 1. The van der Waals surface area contributed by atoms with E-state index in [1.54, 1.807) is 18.0 Å². The van der Waals surface area contributed by atoms with Crippen molar-refractivity contribution in [2.24, 2.45) is 13.0 Å². The molecular formula is C22H24BrN5S. The number of hydrogen-bond donors (Lipinski definition) is 0. The van der Waals surface area contributed by atoms with Crippen molar-refractivity contribution in [3.05, 3.63) is 58.8 Å². The van der Waals surface area contributed by atoms with Gasteiger partial charge in [0.2, 0.25) is 0 Å². The van der Waals surface area contributed by atoms with Crippen LogP contribution in [-0.4, -0.2) is 50.0 Å². The van der Waals surface area contributed by atoms with Crippen molar-refractivity contribution < 1.29 is 0 Å². The van der Waals surface area contributed by atoms with Gasteiger partial charge >= 0.3 is 0 Å². The number of benzene rings is 1. The van der Waals surface area contributed by atoms with Crippen LogP contribution < -0.4 is 0 Å². The fraction of sp³-hybridized carbons (Fsp3) is 0.409. The van der Waals surface area contributed by atoms with Crippen LogP contribution in [0.25, 0.3) is 11.4 Å². The Balaban J connectivity index is 1.12. The maximum Gasteiger partial charge on any atom is 0.191 e. The van der Waals surface area contributed by atoms with Crippen LogP contribution in [0.3, 0.4) is 0 Å².